The van der Waals surface area contributed by atoms with Crippen LogP contribution in [0.5, 0.6) is 0 Å². The summed E-state index contributed by atoms with van der Waals surface area (Å²) >= 11 is 0. The van der Waals surface area contributed by atoms with Crippen molar-refractivity contribution in [2.24, 2.45) is 0 Å². The molecule has 2 rings (SSSR count). The molecule has 0 aliphatic rings. The molecule has 5 nitrogen and oxygen atoms in total. The molecule has 132 valence electrons. The van der Waals surface area contributed by atoms with Crippen LogP contribution in [0.4, 0.5) is 18.9 Å². The molecule has 0 saturated carbocycles. The second kappa shape index (κ2) is 7.11. The molecule has 0 radical (unpaired) electrons. The fourth-order valence-corrected chi connectivity index (χ4v) is 2.91. The Morgan fingerprint density at radius 3 is 2.56 bits per heavy atom. The van der Waals surface area contributed by atoms with Crippen LogP contribution in [0, 0.1) is 24.1 Å². The Hall–Kier alpha value is -2.60. The van der Waals surface area contributed by atoms with Crippen molar-refractivity contribution < 1.29 is 21.6 Å². The van der Waals surface area contributed by atoms with Crippen molar-refractivity contribution in [3.63, 3.8) is 0 Å². The molecule has 0 saturated heterocycles. The van der Waals surface area contributed by atoms with Gasteiger partial charge < -0.3 is 0 Å². The Bertz CT molecular complexity index is 954. The summed E-state index contributed by atoms with van der Waals surface area (Å²) in [5.74, 6) is -1.07. The minimum absolute atomic E-state index is 0.0745. The molecule has 1 heterocycles. The van der Waals surface area contributed by atoms with Gasteiger partial charge in [0.25, 0.3) is 6.43 Å². The number of nitrogens with zero attached hydrogens (tertiary/aromatic N) is 2. The van der Waals surface area contributed by atoms with Gasteiger partial charge in [-0.05, 0) is 43.2 Å². The maximum Gasteiger partial charge on any atom is 0.280 e. The number of hydrogen-bond acceptors (Lipinski definition) is 4. The van der Waals surface area contributed by atoms with E-state index < -0.39 is 28.0 Å². The highest BCUT2D eigenvalue weighted by Crippen LogP contribution is 2.34. The molecular formula is C16H14F3N3O2S. The summed E-state index contributed by atoms with van der Waals surface area (Å²) in [5.41, 5.74) is -0.698. The van der Waals surface area contributed by atoms with Crippen LogP contribution in [0.15, 0.2) is 24.4 Å². The van der Waals surface area contributed by atoms with Crippen molar-refractivity contribution in [1.82, 2.24) is 4.98 Å². The number of hydrogen-bond donors (Lipinski definition) is 1. The van der Waals surface area contributed by atoms with Crippen LogP contribution in [-0.4, -0.2) is 19.2 Å². The van der Waals surface area contributed by atoms with E-state index in [-0.39, 0.29) is 33.7 Å². The Morgan fingerprint density at radius 2 is 2.00 bits per heavy atom. The second-order valence-corrected chi connectivity index (χ2v) is 7.18. The van der Waals surface area contributed by atoms with Gasteiger partial charge in [0, 0.05) is 11.8 Å². The number of nitriles is 1. The standard InChI is InChI=1S/C16H14F3N3O2S/c1-3-25(23,24)22-14-7-12(13(17)6-10(14)8-20)11-4-5-21-15(9(11)2)16(18)19/h4-7,16,22H,3H2,1-2H3. The van der Waals surface area contributed by atoms with Crippen LogP contribution in [0.3, 0.4) is 0 Å². The molecule has 0 aliphatic carbocycles. The maximum absolute atomic E-state index is 14.4. The van der Waals surface area contributed by atoms with Crippen LogP contribution >= 0.6 is 0 Å². The van der Waals surface area contributed by atoms with Gasteiger partial charge >= 0.3 is 0 Å². The third-order valence-corrected chi connectivity index (χ3v) is 4.90. The zero-order chi connectivity index (χ0) is 18.8. The van der Waals surface area contributed by atoms with Crippen molar-refractivity contribution in [1.29, 1.82) is 5.26 Å². The van der Waals surface area contributed by atoms with Crippen LogP contribution in [0.25, 0.3) is 11.1 Å². The molecule has 0 fully saturated rings. The number of alkyl halides is 2. The first-order valence-electron chi connectivity index (χ1n) is 7.18. The number of anilines is 1. The lowest BCUT2D eigenvalue weighted by Crippen LogP contribution is -2.15. The highest BCUT2D eigenvalue weighted by atomic mass is 32.2. The summed E-state index contributed by atoms with van der Waals surface area (Å²) in [5, 5.41) is 9.08. The fourth-order valence-electron chi connectivity index (χ4n) is 2.26. The Kier molecular flexibility index (Phi) is 5.33. The molecule has 2 aromatic rings. The summed E-state index contributed by atoms with van der Waals surface area (Å²) in [4.78, 5) is 3.59. The minimum atomic E-state index is -3.70. The predicted molar refractivity (Wildman–Crippen MR) is 87.1 cm³/mol. The number of pyridine rings is 1. The average Bonchev–Trinajstić information content (AvgIpc) is 2.56. The number of sulfonamides is 1. The molecule has 1 N–H and O–H groups in total. The SMILES string of the molecule is CCS(=O)(=O)Nc1cc(-c2ccnc(C(F)F)c2C)c(F)cc1C#N. The van der Waals surface area contributed by atoms with Gasteiger partial charge in [-0.15, -0.1) is 0 Å². The molecule has 0 spiro atoms. The van der Waals surface area contributed by atoms with Crippen molar-refractivity contribution in [2.45, 2.75) is 20.3 Å². The van der Waals surface area contributed by atoms with E-state index in [0.717, 1.165) is 18.3 Å². The van der Waals surface area contributed by atoms with Crippen molar-refractivity contribution >= 4 is 15.7 Å². The molecule has 25 heavy (non-hydrogen) atoms. The normalized spacial score (nSPS) is 11.4. The molecule has 1 aromatic carbocycles. The Balaban J connectivity index is 2.68. The van der Waals surface area contributed by atoms with Crippen LogP contribution in [0.1, 0.15) is 30.2 Å². The first kappa shape index (κ1) is 18.7. The topological polar surface area (TPSA) is 82.8 Å². The lowest BCUT2D eigenvalue weighted by molar-refractivity contribution is 0.145. The number of halogens is 3. The smallest absolute Gasteiger partial charge is 0.280 e. The zero-order valence-corrected chi connectivity index (χ0v) is 14.2. The quantitative estimate of drug-likeness (QED) is 0.870. The first-order valence-corrected chi connectivity index (χ1v) is 8.83. The largest absolute Gasteiger partial charge is 0.282 e. The molecule has 0 bridgehead atoms. The highest BCUT2D eigenvalue weighted by molar-refractivity contribution is 7.92. The molecule has 1 aromatic heterocycles. The van der Waals surface area contributed by atoms with E-state index in [1.54, 1.807) is 6.07 Å². The first-order chi connectivity index (χ1) is 11.7. The highest BCUT2D eigenvalue weighted by Gasteiger charge is 2.20. The van der Waals surface area contributed by atoms with Crippen molar-refractivity contribution in [3.05, 3.63) is 47.0 Å². The lowest BCUT2D eigenvalue weighted by Gasteiger charge is -2.14. The summed E-state index contributed by atoms with van der Waals surface area (Å²) in [6.45, 7) is 2.78. The van der Waals surface area contributed by atoms with Gasteiger partial charge in [0.1, 0.15) is 17.6 Å². The number of benzene rings is 1. The summed E-state index contributed by atoms with van der Waals surface area (Å²) < 4.78 is 66.1. The molecular weight excluding hydrogens is 355 g/mol. The minimum Gasteiger partial charge on any atom is -0.282 e. The van der Waals surface area contributed by atoms with E-state index in [9.17, 15) is 21.6 Å². The van der Waals surface area contributed by atoms with E-state index >= 15 is 0 Å². The second-order valence-electron chi connectivity index (χ2n) is 5.16. The van der Waals surface area contributed by atoms with Gasteiger partial charge in [-0.1, -0.05) is 0 Å². The van der Waals surface area contributed by atoms with Gasteiger partial charge in [-0.25, -0.2) is 21.6 Å². The van der Waals surface area contributed by atoms with Crippen molar-refractivity contribution in [2.75, 3.05) is 10.5 Å². The van der Waals surface area contributed by atoms with E-state index in [1.807, 2.05) is 0 Å². The van der Waals surface area contributed by atoms with Crippen molar-refractivity contribution in [3.8, 4) is 17.2 Å². The van der Waals surface area contributed by atoms with E-state index in [0.29, 0.717) is 0 Å². The van der Waals surface area contributed by atoms with Crippen LogP contribution < -0.4 is 4.72 Å². The Morgan fingerprint density at radius 1 is 1.32 bits per heavy atom. The number of rotatable bonds is 5. The third-order valence-electron chi connectivity index (χ3n) is 3.61. The molecule has 0 amide bonds. The molecule has 0 atom stereocenters. The fraction of sp³-hybridized carbons (Fsp3) is 0.250. The summed E-state index contributed by atoms with van der Waals surface area (Å²) in [7, 11) is -3.70. The van der Waals surface area contributed by atoms with Gasteiger partial charge in [0.15, 0.2) is 0 Å². The van der Waals surface area contributed by atoms with E-state index in [2.05, 4.69) is 9.71 Å². The third kappa shape index (κ3) is 3.91. The van der Waals surface area contributed by atoms with Crippen LogP contribution in [-0.2, 0) is 10.0 Å². The Labute approximate surface area is 143 Å². The van der Waals surface area contributed by atoms with E-state index in [1.165, 1.54) is 19.9 Å². The molecule has 0 aliphatic heterocycles. The number of nitrogens with one attached hydrogen (secondary N) is 1. The average molecular weight is 369 g/mol. The predicted octanol–water partition coefficient (Wildman–Crippen LogP) is 3.77. The zero-order valence-electron chi connectivity index (χ0n) is 13.3. The monoisotopic (exact) mass is 369 g/mol. The van der Waals surface area contributed by atoms with E-state index in [4.69, 9.17) is 5.26 Å². The molecule has 9 heteroatoms. The van der Waals surface area contributed by atoms with Crippen LogP contribution in [0.2, 0.25) is 0 Å². The van der Waals surface area contributed by atoms with Gasteiger partial charge in [-0.3, -0.25) is 9.71 Å². The summed E-state index contributed by atoms with van der Waals surface area (Å²) in [6, 6.07) is 5.05. The summed E-state index contributed by atoms with van der Waals surface area (Å²) in [6.07, 6.45) is -1.71. The maximum atomic E-state index is 14.4. The van der Waals surface area contributed by atoms with Gasteiger partial charge in [0.2, 0.25) is 10.0 Å². The molecule has 0 unspecified atom stereocenters. The van der Waals surface area contributed by atoms with Gasteiger partial charge in [-0.2, -0.15) is 5.26 Å². The lowest BCUT2D eigenvalue weighted by atomic mass is 9.97. The number of aromatic nitrogens is 1. The van der Waals surface area contributed by atoms with Gasteiger partial charge in [0.05, 0.1) is 17.0 Å².